The number of rotatable bonds is 4. The molecule has 0 amide bonds. The fourth-order valence-electron chi connectivity index (χ4n) is 2.95. The first-order valence-electron chi connectivity index (χ1n) is 7.94. The molecule has 0 radical (unpaired) electrons. The summed E-state index contributed by atoms with van der Waals surface area (Å²) in [5.41, 5.74) is 0.980. The number of aryl methyl sites for hydroxylation is 1. The van der Waals surface area contributed by atoms with E-state index in [1.807, 2.05) is 13.0 Å². The third-order valence-corrected chi connectivity index (χ3v) is 5.10. The van der Waals surface area contributed by atoms with Crippen molar-refractivity contribution in [3.8, 4) is 0 Å². The van der Waals surface area contributed by atoms with E-state index >= 15 is 0 Å². The number of hydrogen-bond donors (Lipinski definition) is 1. The van der Waals surface area contributed by atoms with Gasteiger partial charge in [0.2, 0.25) is 0 Å². The summed E-state index contributed by atoms with van der Waals surface area (Å²) in [4.78, 5) is 8.81. The predicted molar refractivity (Wildman–Crippen MR) is 84.0 cm³/mol. The van der Waals surface area contributed by atoms with Gasteiger partial charge in [0, 0.05) is 23.9 Å². The maximum Gasteiger partial charge on any atom is 0.199 e. The van der Waals surface area contributed by atoms with Crippen LogP contribution in [0.15, 0.2) is 22.6 Å². The summed E-state index contributed by atoms with van der Waals surface area (Å²) in [5, 5.41) is 14.1. The molecule has 4 rings (SSSR count). The average molecular weight is 316 g/mol. The Morgan fingerprint density at radius 2 is 2.00 bits per heavy atom. The molecule has 0 atom stereocenters. The van der Waals surface area contributed by atoms with Crippen LogP contribution in [-0.4, -0.2) is 37.8 Å². The van der Waals surface area contributed by atoms with Gasteiger partial charge in [0.15, 0.2) is 10.3 Å². The van der Waals surface area contributed by atoms with Crippen molar-refractivity contribution in [2.24, 2.45) is 0 Å². The smallest absolute Gasteiger partial charge is 0.199 e. The molecule has 3 heterocycles. The Morgan fingerprint density at radius 3 is 2.73 bits per heavy atom. The largest absolute Gasteiger partial charge is 0.317 e. The van der Waals surface area contributed by atoms with Crippen molar-refractivity contribution in [1.29, 1.82) is 0 Å². The third-order valence-electron chi connectivity index (χ3n) is 4.26. The van der Waals surface area contributed by atoms with Gasteiger partial charge in [-0.05, 0) is 63.5 Å². The van der Waals surface area contributed by atoms with E-state index in [1.54, 1.807) is 6.20 Å². The molecular weight excluding hydrogens is 296 g/mol. The van der Waals surface area contributed by atoms with Gasteiger partial charge in [-0.25, -0.2) is 9.97 Å². The molecule has 116 valence electrons. The van der Waals surface area contributed by atoms with Crippen LogP contribution in [0.5, 0.6) is 0 Å². The van der Waals surface area contributed by atoms with Crippen molar-refractivity contribution >= 4 is 11.8 Å². The van der Waals surface area contributed by atoms with Gasteiger partial charge in [-0.3, -0.25) is 0 Å². The molecule has 2 aliphatic rings. The van der Waals surface area contributed by atoms with E-state index in [4.69, 9.17) is 0 Å². The van der Waals surface area contributed by atoms with Crippen molar-refractivity contribution in [3.63, 3.8) is 0 Å². The molecule has 1 saturated heterocycles. The van der Waals surface area contributed by atoms with E-state index in [0.29, 0.717) is 12.0 Å². The molecular formula is C15H20N6S. The molecule has 2 aromatic rings. The fourth-order valence-corrected chi connectivity index (χ4v) is 3.84. The van der Waals surface area contributed by atoms with Gasteiger partial charge in [0.1, 0.15) is 5.82 Å². The van der Waals surface area contributed by atoms with E-state index in [9.17, 15) is 0 Å². The number of piperidine rings is 1. The van der Waals surface area contributed by atoms with E-state index in [0.717, 1.165) is 41.9 Å². The van der Waals surface area contributed by atoms with E-state index in [1.165, 1.54) is 30.4 Å². The van der Waals surface area contributed by atoms with Gasteiger partial charge in [0.05, 0.1) is 0 Å². The zero-order valence-corrected chi connectivity index (χ0v) is 13.5. The standard InChI is InChI=1S/C15H20N6S/c1-10-4-9-17-14(18-10)22-15-20-19-13(21(15)12-2-3-12)11-5-7-16-8-6-11/h4,9,11-12,16H,2-3,5-8H2,1H3. The van der Waals surface area contributed by atoms with Crippen LogP contribution in [0.25, 0.3) is 0 Å². The molecule has 1 N–H and O–H groups in total. The summed E-state index contributed by atoms with van der Waals surface area (Å²) in [6.07, 6.45) is 6.57. The van der Waals surface area contributed by atoms with Crippen LogP contribution < -0.4 is 5.32 Å². The highest BCUT2D eigenvalue weighted by Gasteiger charge is 2.33. The molecule has 2 aromatic heterocycles. The van der Waals surface area contributed by atoms with Gasteiger partial charge < -0.3 is 9.88 Å². The lowest BCUT2D eigenvalue weighted by Gasteiger charge is -2.22. The zero-order chi connectivity index (χ0) is 14.9. The maximum atomic E-state index is 4.53. The molecule has 6 nitrogen and oxygen atoms in total. The average Bonchev–Trinajstić information content (AvgIpc) is 3.29. The van der Waals surface area contributed by atoms with Crippen molar-refractivity contribution in [2.75, 3.05) is 13.1 Å². The molecule has 0 aromatic carbocycles. The van der Waals surface area contributed by atoms with Crippen molar-refractivity contribution in [3.05, 3.63) is 23.8 Å². The lowest BCUT2D eigenvalue weighted by atomic mass is 9.97. The highest BCUT2D eigenvalue weighted by atomic mass is 32.2. The first-order chi connectivity index (χ1) is 10.8. The second-order valence-corrected chi connectivity index (χ2v) is 6.98. The van der Waals surface area contributed by atoms with Crippen molar-refractivity contribution in [1.82, 2.24) is 30.0 Å². The van der Waals surface area contributed by atoms with Crippen LogP contribution in [0.3, 0.4) is 0 Å². The van der Waals surface area contributed by atoms with Crippen LogP contribution in [0.1, 0.15) is 49.2 Å². The molecule has 0 unspecified atom stereocenters. The molecule has 1 aliphatic heterocycles. The van der Waals surface area contributed by atoms with Gasteiger partial charge in [0.25, 0.3) is 0 Å². The monoisotopic (exact) mass is 316 g/mol. The van der Waals surface area contributed by atoms with E-state index in [-0.39, 0.29) is 0 Å². The second-order valence-electron chi connectivity index (χ2n) is 6.05. The highest BCUT2D eigenvalue weighted by Crippen LogP contribution is 2.42. The number of aromatic nitrogens is 5. The second kappa shape index (κ2) is 5.96. The summed E-state index contributed by atoms with van der Waals surface area (Å²) in [7, 11) is 0. The predicted octanol–water partition coefficient (Wildman–Crippen LogP) is 2.33. The van der Waals surface area contributed by atoms with Crippen molar-refractivity contribution < 1.29 is 0 Å². The highest BCUT2D eigenvalue weighted by molar-refractivity contribution is 7.99. The SMILES string of the molecule is Cc1ccnc(Sc2nnc(C3CCNCC3)n2C2CC2)n1. The molecule has 1 aliphatic carbocycles. The van der Waals surface area contributed by atoms with E-state index in [2.05, 4.69) is 30.0 Å². The lowest BCUT2D eigenvalue weighted by Crippen LogP contribution is -2.28. The molecule has 7 heteroatoms. The van der Waals surface area contributed by atoms with Gasteiger partial charge >= 0.3 is 0 Å². The topological polar surface area (TPSA) is 68.5 Å². The quantitative estimate of drug-likeness (QED) is 0.873. The Bertz CT molecular complexity index is 660. The Hall–Kier alpha value is -1.47. The Kier molecular flexibility index (Phi) is 3.83. The maximum absolute atomic E-state index is 4.53. The summed E-state index contributed by atoms with van der Waals surface area (Å²) in [6, 6.07) is 2.49. The van der Waals surface area contributed by atoms with Crippen molar-refractivity contribution in [2.45, 2.75) is 54.9 Å². The first-order valence-corrected chi connectivity index (χ1v) is 8.76. The summed E-state index contributed by atoms with van der Waals surface area (Å²) in [5.74, 6) is 1.70. The normalized spacial score (nSPS) is 19.5. The number of hydrogen-bond acceptors (Lipinski definition) is 6. The van der Waals surface area contributed by atoms with Crippen LogP contribution in [0, 0.1) is 6.92 Å². The minimum Gasteiger partial charge on any atom is -0.317 e. The van der Waals surface area contributed by atoms with Crippen LogP contribution in [0.4, 0.5) is 0 Å². The lowest BCUT2D eigenvalue weighted by molar-refractivity contribution is 0.426. The van der Waals surface area contributed by atoms with E-state index < -0.39 is 0 Å². The molecule has 0 bridgehead atoms. The van der Waals surface area contributed by atoms with Gasteiger partial charge in [-0.2, -0.15) is 0 Å². The van der Waals surface area contributed by atoms with Gasteiger partial charge in [-0.15, -0.1) is 10.2 Å². The number of nitrogens with one attached hydrogen (secondary N) is 1. The zero-order valence-electron chi connectivity index (χ0n) is 12.7. The minimum absolute atomic E-state index is 0.530. The van der Waals surface area contributed by atoms with Crippen LogP contribution >= 0.6 is 11.8 Å². The molecule has 0 spiro atoms. The molecule has 1 saturated carbocycles. The first kappa shape index (κ1) is 14.1. The Labute approximate surface area is 134 Å². The minimum atomic E-state index is 0.530. The Morgan fingerprint density at radius 1 is 1.18 bits per heavy atom. The Balaban J connectivity index is 1.63. The molecule has 22 heavy (non-hydrogen) atoms. The third kappa shape index (κ3) is 2.87. The van der Waals surface area contributed by atoms with Gasteiger partial charge in [-0.1, -0.05) is 0 Å². The fraction of sp³-hybridized carbons (Fsp3) is 0.600. The molecule has 2 fully saturated rings. The summed E-state index contributed by atoms with van der Waals surface area (Å²) < 4.78 is 2.35. The summed E-state index contributed by atoms with van der Waals surface area (Å²) in [6.45, 7) is 4.13. The number of nitrogens with zero attached hydrogens (tertiary/aromatic N) is 5. The van der Waals surface area contributed by atoms with Crippen LogP contribution in [-0.2, 0) is 0 Å². The van der Waals surface area contributed by atoms with Crippen LogP contribution in [0.2, 0.25) is 0 Å². The summed E-state index contributed by atoms with van der Waals surface area (Å²) >= 11 is 1.53.